The highest BCUT2D eigenvalue weighted by molar-refractivity contribution is 6.35. The van der Waals surface area contributed by atoms with Crippen LogP contribution < -0.4 is 0 Å². The number of rotatable bonds is 2. The van der Waals surface area contributed by atoms with Crippen molar-refractivity contribution in [3.63, 3.8) is 0 Å². The van der Waals surface area contributed by atoms with Gasteiger partial charge in [-0.15, -0.1) is 0 Å². The summed E-state index contributed by atoms with van der Waals surface area (Å²) >= 11 is 0. The van der Waals surface area contributed by atoms with Crippen LogP contribution in [0.25, 0.3) is 88.0 Å². The molecule has 0 aliphatic rings. The van der Waals surface area contributed by atoms with E-state index in [2.05, 4.69) is 136 Å². The standard InChI is InChI=1S/C38H22N4/c1-2-12-23(13-3-1)36-25-15-4-8-18-29(25)39-38(40-36)42-32-21-11-6-16-26(32)34-33(42)22-28-24-14-5-9-19-30(24)41-31-20-10-7-17-27(31)35(34)37(28)41/h1-22H. The minimum absolute atomic E-state index is 0.681. The Balaban J connectivity index is 1.45. The lowest BCUT2D eigenvalue weighted by Crippen LogP contribution is -2.03. The van der Waals surface area contributed by atoms with Crippen LogP contribution in [0, 0.1) is 0 Å². The second kappa shape index (κ2) is 7.93. The molecule has 6 aromatic carbocycles. The highest BCUT2D eigenvalue weighted by Gasteiger charge is 2.24. The van der Waals surface area contributed by atoms with E-state index in [1.54, 1.807) is 0 Å². The zero-order valence-corrected chi connectivity index (χ0v) is 22.5. The average Bonchev–Trinajstić information content (AvgIpc) is 3.69. The van der Waals surface area contributed by atoms with Crippen molar-refractivity contribution in [1.29, 1.82) is 0 Å². The van der Waals surface area contributed by atoms with Crippen LogP contribution in [0.1, 0.15) is 0 Å². The van der Waals surface area contributed by atoms with Gasteiger partial charge in [0.1, 0.15) is 0 Å². The molecule has 0 spiro atoms. The summed E-state index contributed by atoms with van der Waals surface area (Å²) in [5.41, 5.74) is 8.91. The zero-order chi connectivity index (χ0) is 27.4. The first-order chi connectivity index (χ1) is 20.9. The Morgan fingerprint density at radius 1 is 0.429 bits per heavy atom. The Morgan fingerprint density at radius 2 is 1.02 bits per heavy atom. The molecule has 10 rings (SSSR count). The summed E-state index contributed by atoms with van der Waals surface area (Å²) in [7, 11) is 0. The third-order valence-electron chi connectivity index (χ3n) is 8.85. The predicted molar refractivity (Wildman–Crippen MR) is 174 cm³/mol. The lowest BCUT2D eigenvalue weighted by Gasteiger charge is -2.12. The molecule has 194 valence electrons. The smallest absolute Gasteiger partial charge is 0.235 e. The summed E-state index contributed by atoms with van der Waals surface area (Å²) in [6, 6.07) is 47.3. The van der Waals surface area contributed by atoms with Crippen molar-refractivity contribution in [2.75, 3.05) is 0 Å². The Morgan fingerprint density at radius 3 is 1.81 bits per heavy atom. The summed E-state index contributed by atoms with van der Waals surface area (Å²) in [6.07, 6.45) is 0. The van der Waals surface area contributed by atoms with Gasteiger partial charge in [0.25, 0.3) is 0 Å². The maximum absolute atomic E-state index is 5.30. The van der Waals surface area contributed by atoms with Gasteiger partial charge >= 0.3 is 0 Å². The van der Waals surface area contributed by atoms with Crippen molar-refractivity contribution in [3.05, 3.63) is 133 Å². The van der Waals surface area contributed by atoms with Gasteiger partial charge in [0.15, 0.2) is 0 Å². The Kier molecular flexibility index (Phi) is 4.15. The highest BCUT2D eigenvalue weighted by atomic mass is 15.2. The van der Waals surface area contributed by atoms with Gasteiger partial charge in [-0.3, -0.25) is 4.57 Å². The highest BCUT2D eigenvalue weighted by Crippen LogP contribution is 2.46. The minimum atomic E-state index is 0.681. The molecule has 0 bridgehead atoms. The van der Waals surface area contributed by atoms with Crippen LogP contribution in [0.5, 0.6) is 0 Å². The number of hydrogen-bond donors (Lipinski definition) is 0. The van der Waals surface area contributed by atoms with Crippen molar-refractivity contribution in [1.82, 2.24) is 18.9 Å². The largest absolute Gasteiger partial charge is 0.308 e. The normalized spacial score (nSPS) is 12.3. The van der Waals surface area contributed by atoms with Gasteiger partial charge in [0, 0.05) is 43.3 Å². The number of fused-ring (bicyclic) bond motifs is 11. The molecular weight excluding hydrogens is 512 g/mol. The van der Waals surface area contributed by atoms with Gasteiger partial charge in [-0.1, -0.05) is 103 Å². The molecule has 0 aliphatic heterocycles. The van der Waals surface area contributed by atoms with E-state index in [1.807, 2.05) is 6.07 Å². The molecule has 0 radical (unpaired) electrons. The number of para-hydroxylation sites is 4. The minimum Gasteiger partial charge on any atom is -0.308 e. The van der Waals surface area contributed by atoms with E-state index in [0.717, 1.165) is 33.2 Å². The molecule has 0 N–H and O–H groups in total. The molecule has 4 aromatic heterocycles. The van der Waals surface area contributed by atoms with Crippen LogP contribution in [0.15, 0.2) is 133 Å². The van der Waals surface area contributed by atoms with Gasteiger partial charge < -0.3 is 4.40 Å². The van der Waals surface area contributed by atoms with Crippen molar-refractivity contribution < 1.29 is 0 Å². The lowest BCUT2D eigenvalue weighted by atomic mass is 10.0. The zero-order valence-electron chi connectivity index (χ0n) is 22.5. The first kappa shape index (κ1) is 22.0. The molecule has 10 aromatic rings. The quantitative estimate of drug-likeness (QED) is 0.221. The number of benzene rings is 6. The third kappa shape index (κ3) is 2.71. The van der Waals surface area contributed by atoms with Gasteiger partial charge in [0.2, 0.25) is 5.95 Å². The molecule has 0 saturated carbocycles. The van der Waals surface area contributed by atoms with Crippen LogP contribution in [0.2, 0.25) is 0 Å². The molecule has 0 saturated heterocycles. The molecule has 0 amide bonds. The molecule has 0 atom stereocenters. The summed E-state index contributed by atoms with van der Waals surface area (Å²) in [4.78, 5) is 10.5. The summed E-state index contributed by atoms with van der Waals surface area (Å²) in [5.74, 6) is 0.681. The van der Waals surface area contributed by atoms with Crippen LogP contribution in [0.3, 0.4) is 0 Å². The molecule has 0 fully saturated rings. The lowest BCUT2D eigenvalue weighted by molar-refractivity contribution is 1.01. The van der Waals surface area contributed by atoms with E-state index in [4.69, 9.17) is 9.97 Å². The third-order valence-corrected chi connectivity index (χ3v) is 8.85. The Bertz CT molecular complexity index is 2680. The topological polar surface area (TPSA) is 35.1 Å². The average molecular weight is 535 g/mol. The van der Waals surface area contributed by atoms with E-state index < -0.39 is 0 Å². The first-order valence-electron chi connectivity index (χ1n) is 14.3. The fraction of sp³-hybridized carbons (Fsp3) is 0. The second-order valence-corrected chi connectivity index (χ2v) is 11.0. The van der Waals surface area contributed by atoms with Crippen LogP contribution >= 0.6 is 0 Å². The summed E-state index contributed by atoms with van der Waals surface area (Å²) in [5, 5.41) is 8.55. The van der Waals surface area contributed by atoms with Gasteiger partial charge in [-0.25, -0.2) is 9.97 Å². The number of nitrogens with zero attached hydrogens (tertiary/aromatic N) is 4. The van der Waals surface area contributed by atoms with Crippen LogP contribution in [0.4, 0.5) is 0 Å². The molecule has 4 nitrogen and oxygen atoms in total. The fourth-order valence-corrected chi connectivity index (χ4v) is 7.16. The fourth-order valence-electron chi connectivity index (χ4n) is 7.16. The summed E-state index contributed by atoms with van der Waals surface area (Å²) in [6.45, 7) is 0. The Labute approximate surface area is 240 Å². The van der Waals surface area contributed by atoms with E-state index >= 15 is 0 Å². The molecule has 4 heteroatoms. The van der Waals surface area contributed by atoms with Crippen molar-refractivity contribution >= 4 is 70.8 Å². The van der Waals surface area contributed by atoms with Gasteiger partial charge in [-0.05, 0) is 30.3 Å². The molecule has 0 aliphatic carbocycles. The van der Waals surface area contributed by atoms with E-state index in [0.29, 0.717) is 5.95 Å². The van der Waals surface area contributed by atoms with E-state index in [1.165, 1.54) is 48.9 Å². The molecule has 0 unspecified atom stereocenters. The number of hydrogen-bond acceptors (Lipinski definition) is 2. The van der Waals surface area contributed by atoms with E-state index in [-0.39, 0.29) is 0 Å². The molecule has 42 heavy (non-hydrogen) atoms. The predicted octanol–water partition coefficient (Wildman–Crippen LogP) is 9.54. The van der Waals surface area contributed by atoms with Crippen LogP contribution in [-0.4, -0.2) is 18.9 Å². The molecule has 4 heterocycles. The number of aromatic nitrogens is 4. The van der Waals surface area contributed by atoms with Crippen molar-refractivity contribution in [2.24, 2.45) is 0 Å². The summed E-state index contributed by atoms with van der Waals surface area (Å²) < 4.78 is 4.72. The first-order valence-corrected chi connectivity index (χ1v) is 14.3. The van der Waals surface area contributed by atoms with Gasteiger partial charge in [0.05, 0.1) is 38.8 Å². The van der Waals surface area contributed by atoms with Gasteiger partial charge in [-0.2, -0.15) is 0 Å². The van der Waals surface area contributed by atoms with Crippen molar-refractivity contribution in [2.45, 2.75) is 0 Å². The monoisotopic (exact) mass is 534 g/mol. The van der Waals surface area contributed by atoms with Crippen molar-refractivity contribution in [3.8, 4) is 17.2 Å². The SMILES string of the molecule is c1ccc(-c2nc(-n3c4ccccc4c4c5c6ccccc6n6c7ccccc7c(cc43)c56)nc3ccccc23)cc1. The maximum atomic E-state index is 5.30. The maximum Gasteiger partial charge on any atom is 0.235 e. The van der Waals surface area contributed by atoms with Crippen LogP contribution in [-0.2, 0) is 0 Å². The van der Waals surface area contributed by atoms with E-state index in [9.17, 15) is 0 Å². The molecular formula is C38H22N4. The Hall–Kier alpha value is -5.74. The second-order valence-electron chi connectivity index (χ2n) is 11.0.